The van der Waals surface area contributed by atoms with Gasteiger partial charge in [0.15, 0.2) is 0 Å². The summed E-state index contributed by atoms with van der Waals surface area (Å²) in [6.07, 6.45) is 3.14. The van der Waals surface area contributed by atoms with Gasteiger partial charge < -0.3 is 10.4 Å². The Morgan fingerprint density at radius 3 is 1.71 bits per heavy atom. The van der Waals surface area contributed by atoms with Crippen LogP contribution >= 0.6 is 0 Å². The minimum atomic E-state index is 0.136. The molecular weight excluding hydrogens is 174 g/mol. The van der Waals surface area contributed by atoms with Crippen molar-refractivity contribution in [2.24, 2.45) is 11.8 Å². The third kappa shape index (κ3) is 4.97. The summed E-state index contributed by atoms with van der Waals surface area (Å²) < 4.78 is 0. The predicted molar refractivity (Wildman–Crippen MR) is 62.4 cm³/mol. The molecule has 0 aliphatic rings. The molecule has 2 nitrogen and oxygen atoms in total. The second-order valence-electron chi connectivity index (χ2n) is 5.20. The van der Waals surface area contributed by atoms with Crippen LogP contribution in [0.3, 0.4) is 0 Å². The molecule has 86 valence electrons. The first-order chi connectivity index (χ1) is 6.45. The van der Waals surface area contributed by atoms with E-state index in [1.807, 2.05) is 7.05 Å². The number of hydrogen-bond acceptors (Lipinski definition) is 2. The molecule has 0 aromatic heterocycles. The Kier molecular flexibility index (Phi) is 6.38. The van der Waals surface area contributed by atoms with Crippen LogP contribution in [0.5, 0.6) is 0 Å². The maximum absolute atomic E-state index is 9.12. The lowest BCUT2D eigenvalue weighted by Crippen LogP contribution is -2.46. The first-order valence-corrected chi connectivity index (χ1v) is 5.75. The quantitative estimate of drug-likeness (QED) is 0.663. The molecule has 0 aliphatic heterocycles. The Morgan fingerprint density at radius 1 is 1.07 bits per heavy atom. The zero-order valence-corrected chi connectivity index (χ0v) is 10.4. The van der Waals surface area contributed by atoms with Gasteiger partial charge in [0.1, 0.15) is 0 Å². The van der Waals surface area contributed by atoms with Gasteiger partial charge in [-0.2, -0.15) is 0 Å². The van der Waals surface area contributed by atoms with Crippen LogP contribution in [0.1, 0.15) is 47.0 Å². The summed E-state index contributed by atoms with van der Waals surface area (Å²) in [7, 11) is 2.01. The third-order valence-electron chi connectivity index (χ3n) is 2.72. The van der Waals surface area contributed by atoms with Crippen molar-refractivity contribution >= 4 is 0 Å². The maximum atomic E-state index is 9.12. The van der Waals surface area contributed by atoms with E-state index in [4.69, 9.17) is 5.11 Å². The molecule has 2 heteroatoms. The predicted octanol–water partition coefficient (Wildman–Crippen LogP) is 2.42. The average Bonchev–Trinajstić information content (AvgIpc) is 2.02. The number of aliphatic hydroxyl groups is 1. The monoisotopic (exact) mass is 201 g/mol. The molecule has 14 heavy (non-hydrogen) atoms. The molecule has 0 aromatic rings. The summed E-state index contributed by atoms with van der Waals surface area (Å²) in [5.74, 6) is 1.35. The zero-order valence-electron chi connectivity index (χ0n) is 10.4. The van der Waals surface area contributed by atoms with Crippen LogP contribution in [0.4, 0.5) is 0 Å². The molecule has 0 saturated heterocycles. The Hall–Kier alpha value is -0.0800. The fourth-order valence-corrected chi connectivity index (χ4v) is 2.39. The largest absolute Gasteiger partial charge is 0.396 e. The van der Waals surface area contributed by atoms with Crippen LogP contribution in [0, 0.1) is 11.8 Å². The number of hydrogen-bond donors (Lipinski definition) is 2. The van der Waals surface area contributed by atoms with Crippen LogP contribution < -0.4 is 5.32 Å². The van der Waals surface area contributed by atoms with Crippen molar-refractivity contribution < 1.29 is 5.11 Å². The van der Waals surface area contributed by atoms with E-state index >= 15 is 0 Å². The van der Waals surface area contributed by atoms with Gasteiger partial charge in [-0.15, -0.1) is 0 Å². The summed E-state index contributed by atoms with van der Waals surface area (Å²) in [5, 5.41) is 12.5. The van der Waals surface area contributed by atoms with Crippen LogP contribution in [-0.4, -0.2) is 24.3 Å². The van der Waals surface area contributed by atoms with Crippen molar-refractivity contribution in [3.63, 3.8) is 0 Å². The third-order valence-corrected chi connectivity index (χ3v) is 2.72. The minimum Gasteiger partial charge on any atom is -0.396 e. The molecule has 0 rings (SSSR count). The lowest BCUT2D eigenvalue weighted by Gasteiger charge is -2.36. The molecule has 0 spiro atoms. The molecule has 0 heterocycles. The van der Waals surface area contributed by atoms with Gasteiger partial charge in [0.05, 0.1) is 0 Å². The van der Waals surface area contributed by atoms with Crippen molar-refractivity contribution in [1.29, 1.82) is 0 Å². The highest BCUT2D eigenvalue weighted by atomic mass is 16.3. The van der Waals surface area contributed by atoms with Gasteiger partial charge in [-0.25, -0.2) is 0 Å². The Bertz CT molecular complexity index is 133. The SMILES string of the molecule is CNC(CCO)(CC(C)C)CC(C)C. The van der Waals surface area contributed by atoms with Crippen LogP contribution in [-0.2, 0) is 0 Å². The molecular formula is C12H27NO. The van der Waals surface area contributed by atoms with E-state index in [-0.39, 0.29) is 12.1 Å². The topological polar surface area (TPSA) is 32.3 Å². The molecule has 2 N–H and O–H groups in total. The Morgan fingerprint density at radius 2 is 1.50 bits per heavy atom. The van der Waals surface area contributed by atoms with Gasteiger partial charge in [-0.05, 0) is 38.1 Å². The summed E-state index contributed by atoms with van der Waals surface area (Å²) in [5.41, 5.74) is 0.136. The van der Waals surface area contributed by atoms with Crippen molar-refractivity contribution in [2.45, 2.75) is 52.5 Å². The second kappa shape index (κ2) is 6.41. The van der Waals surface area contributed by atoms with E-state index in [0.717, 1.165) is 19.3 Å². The number of nitrogens with one attached hydrogen (secondary N) is 1. The van der Waals surface area contributed by atoms with E-state index in [1.165, 1.54) is 0 Å². The van der Waals surface area contributed by atoms with Crippen LogP contribution in [0.25, 0.3) is 0 Å². The van der Waals surface area contributed by atoms with Crippen LogP contribution in [0.15, 0.2) is 0 Å². The first kappa shape index (κ1) is 13.9. The van der Waals surface area contributed by atoms with Crippen molar-refractivity contribution in [3.05, 3.63) is 0 Å². The van der Waals surface area contributed by atoms with E-state index < -0.39 is 0 Å². The first-order valence-electron chi connectivity index (χ1n) is 5.75. The van der Waals surface area contributed by atoms with Gasteiger partial charge in [-0.3, -0.25) is 0 Å². The summed E-state index contributed by atoms with van der Waals surface area (Å²) in [4.78, 5) is 0. The highest BCUT2D eigenvalue weighted by Gasteiger charge is 2.29. The highest BCUT2D eigenvalue weighted by Crippen LogP contribution is 2.27. The van der Waals surface area contributed by atoms with Gasteiger partial charge >= 0.3 is 0 Å². The summed E-state index contributed by atoms with van der Waals surface area (Å²) in [6, 6.07) is 0. The molecule has 0 aliphatic carbocycles. The van der Waals surface area contributed by atoms with E-state index in [0.29, 0.717) is 11.8 Å². The highest BCUT2D eigenvalue weighted by molar-refractivity contribution is 4.88. The molecule has 0 radical (unpaired) electrons. The van der Waals surface area contributed by atoms with Gasteiger partial charge in [-0.1, -0.05) is 27.7 Å². The smallest absolute Gasteiger partial charge is 0.0448 e. The number of aliphatic hydroxyl groups excluding tert-OH is 1. The molecule has 0 bridgehead atoms. The van der Waals surface area contributed by atoms with E-state index in [1.54, 1.807) is 0 Å². The fraction of sp³-hybridized carbons (Fsp3) is 1.00. The molecule has 0 atom stereocenters. The standard InChI is InChI=1S/C12H27NO/c1-10(2)8-12(13-5,6-7-14)9-11(3)4/h10-11,13-14H,6-9H2,1-5H3. The Labute approximate surface area is 89.1 Å². The molecule has 0 saturated carbocycles. The normalized spacial score (nSPS) is 12.9. The van der Waals surface area contributed by atoms with E-state index in [9.17, 15) is 0 Å². The lowest BCUT2D eigenvalue weighted by molar-refractivity contribution is 0.169. The molecule has 0 amide bonds. The Balaban J connectivity index is 4.42. The van der Waals surface area contributed by atoms with E-state index in [2.05, 4.69) is 33.0 Å². The molecule has 0 fully saturated rings. The molecule has 0 aromatic carbocycles. The zero-order chi connectivity index (χ0) is 11.2. The van der Waals surface area contributed by atoms with Crippen molar-refractivity contribution in [3.8, 4) is 0 Å². The summed E-state index contributed by atoms with van der Waals surface area (Å²) >= 11 is 0. The minimum absolute atomic E-state index is 0.136. The van der Waals surface area contributed by atoms with Crippen molar-refractivity contribution in [1.82, 2.24) is 5.32 Å². The van der Waals surface area contributed by atoms with Gasteiger partial charge in [0.2, 0.25) is 0 Å². The number of rotatable bonds is 7. The summed E-state index contributed by atoms with van der Waals surface area (Å²) in [6.45, 7) is 9.24. The second-order valence-corrected chi connectivity index (χ2v) is 5.20. The fourth-order valence-electron chi connectivity index (χ4n) is 2.39. The molecule has 0 unspecified atom stereocenters. The maximum Gasteiger partial charge on any atom is 0.0448 e. The van der Waals surface area contributed by atoms with Crippen LogP contribution in [0.2, 0.25) is 0 Å². The van der Waals surface area contributed by atoms with Crippen molar-refractivity contribution in [2.75, 3.05) is 13.7 Å². The van der Waals surface area contributed by atoms with Gasteiger partial charge in [0.25, 0.3) is 0 Å². The lowest BCUT2D eigenvalue weighted by atomic mass is 9.80. The average molecular weight is 201 g/mol. The van der Waals surface area contributed by atoms with Gasteiger partial charge in [0, 0.05) is 12.1 Å².